The Bertz CT molecular complexity index is 825. The zero-order chi connectivity index (χ0) is 17.6. The third-order valence-electron chi connectivity index (χ3n) is 3.73. The van der Waals surface area contributed by atoms with Gasteiger partial charge in [-0.3, -0.25) is 9.36 Å². The summed E-state index contributed by atoms with van der Waals surface area (Å²) in [6.45, 7) is 2.18. The van der Waals surface area contributed by atoms with E-state index in [9.17, 15) is 4.79 Å². The number of rotatable bonds is 8. The molecule has 2 N–H and O–H groups in total. The van der Waals surface area contributed by atoms with Gasteiger partial charge in [-0.1, -0.05) is 37.2 Å². The second kappa shape index (κ2) is 8.02. The Morgan fingerprint density at radius 2 is 2.04 bits per heavy atom. The lowest BCUT2D eigenvalue weighted by molar-refractivity contribution is -0.115. The van der Waals surface area contributed by atoms with E-state index in [4.69, 9.17) is 10.2 Å². The number of carbonyl (C=O) groups excluding carboxylic acids is 1. The summed E-state index contributed by atoms with van der Waals surface area (Å²) in [5.41, 5.74) is 7.48. The van der Waals surface area contributed by atoms with Crippen molar-refractivity contribution < 1.29 is 9.21 Å². The Hall–Kier alpha value is -2.54. The van der Waals surface area contributed by atoms with Crippen molar-refractivity contribution in [2.24, 2.45) is 5.73 Å². The molecule has 0 atom stereocenters. The van der Waals surface area contributed by atoms with Crippen LogP contribution in [0.3, 0.4) is 0 Å². The molecular formula is C18H20N4O2S. The maximum absolute atomic E-state index is 11.1. The van der Waals surface area contributed by atoms with Gasteiger partial charge in [0.15, 0.2) is 10.9 Å². The number of aryl methyl sites for hydroxylation is 1. The van der Waals surface area contributed by atoms with E-state index in [0.29, 0.717) is 16.7 Å². The summed E-state index contributed by atoms with van der Waals surface area (Å²) in [5.74, 6) is 0.964. The molecule has 0 unspecified atom stereocenters. The van der Waals surface area contributed by atoms with Gasteiger partial charge in [-0.2, -0.15) is 0 Å². The van der Waals surface area contributed by atoms with Crippen molar-refractivity contribution in [3.05, 3.63) is 48.2 Å². The van der Waals surface area contributed by atoms with Crippen LogP contribution in [0.15, 0.2) is 52.2 Å². The summed E-state index contributed by atoms with van der Waals surface area (Å²) >= 11 is 1.26. The van der Waals surface area contributed by atoms with Crippen LogP contribution in [-0.4, -0.2) is 26.4 Å². The number of aromatic nitrogens is 3. The summed E-state index contributed by atoms with van der Waals surface area (Å²) in [4.78, 5) is 11.1. The molecule has 3 rings (SSSR count). The van der Waals surface area contributed by atoms with Crippen LogP contribution in [0, 0.1) is 0 Å². The Balaban J connectivity index is 1.96. The van der Waals surface area contributed by atoms with E-state index in [-0.39, 0.29) is 5.75 Å². The number of carbonyl (C=O) groups is 1. The van der Waals surface area contributed by atoms with Crippen molar-refractivity contribution in [2.75, 3.05) is 5.75 Å². The van der Waals surface area contributed by atoms with E-state index in [1.54, 1.807) is 12.3 Å². The lowest BCUT2D eigenvalue weighted by Gasteiger charge is -2.10. The Labute approximate surface area is 150 Å². The van der Waals surface area contributed by atoms with Crippen LogP contribution in [0.25, 0.3) is 17.3 Å². The zero-order valence-electron chi connectivity index (χ0n) is 14.0. The summed E-state index contributed by atoms with van der Waals surface area (Å²) in [5, 5.41) is 9.04. The standard InChI is InChI=1S/C18H20N4O2S/c1-2-3-5-13-7-9-14(10-8-13)22-17(15-6-4-11-24-15)20-21-18(22)25-12-16(19)23/h4,6-11H,2-3,5,12H2,1H3,(H2,19,23). The van der Waals surface area contributed by atoms with E-state index in [0.717, 1.165) is 12.1 Å². The fraction of sp³-hybridized carbons (Fsp3) is 0.278. The summed E-state index contributed by atoms with van der Waals surface area (Å²) in [6, 6.07) is 11.9. The fourth-order valence-electron chi connectivity index (χ4n) is 2.49. The molecule has 25 heavy (non-hydrogen) atoms. The molecule has 0 aliphatic heterocycles. The van der Waals surface area contributed by atoms with Crippen molar-refractivity contribution in [3.63, 3.8) is 0 Å². The zero-order valence-corrected chi connectivity index (χ0v) is 14.8. The number of thioether (sulfide) groups is 1. The second-order valence-corrected chi connectivity index (χ2v) is 6.59. The van der Waals surface area contributed by atoms with E-state index in [1.165, 1.54) is 30.2 Å². The first-order valence-electron chi connectivity index (χ1n) is 8.18. The highest BCUT2D eigenvalue weighted by Crippen LogP contribution is 2.28. The van der Waals surface area contributed by atoms with Gasteiger partial charge >= 0.3 is 0 Å². The Kier molecular flexibility index (Phi) is 5.55. The minimum absolute atomic E-state index is 0.144. The fourth-order valence-corrected chi connectivity index (χ4v) is 3.18. The smallest absolute Gasteiger partial charge is 0.227 e. The highest BCUT2D eigenvalue weighted by atomic mass is 32.2. The first-order valence-corrected chi connectivity index (χ1v) is 9.17. The molecule has 2 aromatic heterocycles. The van der Waals surface area contributed by atoms with Gasteiger partial charge < -0.3 is 10.2 Å². The number of nitrogens with two attached hydrogens (primary N) is 1. The second-order valence-electron chi connectivity index (χ2n) is 5.64. The molecule has 0 radical (unpaired) electrons. The number of benzene rings is 1. The van der Waals surface area contributed by atoms with Crippen molar-refractivity contribution in [1.82, 2.24) is 14.8 Å². The number of hydrogen-bond donors (Lipinski definition) is 1. The molecule has 1 amide bonds. The molecule has 0 spiro atoms. The van der Waals surface area contributed by atoms with E-state index in [1.807, 2.05) is 22.8 Å². The number of unbranched alkanes of at least 4 members (excludes halogenated alkanes) is 1. The third-order valence-corrected chi connectivity index (χ3v) is 4.68. The average Bonchev–Trinajstić information content (AvgIpc) is 3.27. The molecule has 0 fully saturated rings. The number of nitrogens with zero attached hydrogens (tertiary/aromatic N) is 3. The maximum Gasteiger partial charge on any atom is 0.227 e. The molecule has 0 bridgehead atoms. The number of primary amides is 1. The quantitative estimate of drug-likeness (QED) is 0.625. The van der Waals surface area contributed by atoms with E-state index >= 15 is 0 Å². The molecule has 6 nitrogen and oxygen atoms in total. The van der Waals surface area contributed by atoms with Gasteiger partial charge in [-0.25, -0.2) is 0 Å². The lowest BCUT2D eigenvalue weighted by atomic mass is 10.1. The molecule has 1 aromatic carbocycles. The van der Waals surface area contributed by atoms with Gasteiger partial charge in [0, 0.05) is 5.69 Å². The monoisotopic (exact) mass is 356 g/mol. The largest absolute Gasteiger partial charge is 0.461 e. The lowest BCUT2D eigenvalue weighted by Crippen LogP contribution is -2.13. The van der Waals surface area contributed by atoms with Crippen LogP contribution < -0.4 is 5.73 Å². The normalized spacial score (nSPS) is 10.9. The van der Waals surface area contributed by atoms with Crippen LogP contribution in [-0.2, 0) is 11.2 Å². The van der Waals surface area contributed by atoms with Crippen molar-refractivity contribution in [1.29, 1.82) is 0 Å². The van der Waals surface area contributed by atoms with Crippen LogP contribution in [0.1, 0.15) is 25.3 Å². The number of furan rings is 1. The van der Waals surface area contributed by atoms with Crippen LogP contribution in [0.2, 0.25) is 0 Å². The molecule has 7 heteroatoms. The number of amides is 1. The topological polar surface area (TPSA) is 86.9 Å². The summed E-state index contributed by atoms with van der Waals surface area (Å²) in [6.07, 6.45) is 5.00. The van der Waals surface area contributed by atoms with Crippen LogP contribution in [0.5, 0.6) is 0 Å². The molecule has 0 saturated heterocycles. The van der Waals surface area contributed by atoms with Gasteiger partial charge in [0.2, 0.25) is 11.7 Å². The highest BCUT2D eigenvalue weighted by Gasteiger charge is 2.18. The van der Waals surface area contributed by atoms with Crippen molar-refractivity contribution >= 4 is 17.7 Å². The summed E-state index contributed by atoms with van der Waals surface area (Å²) < 4.78 is 7.36. The average molecular weight is 356 g/mol. The Morgan fingerprint density at radius 3 is 2.68 bits per heavy atom. The van der Waals surface area contributed by atoms with E-state index < -0.39 is 5.91 Å². The first kappa shape index (κ1) is 17.3. The van der Waals surface area contributed by atoms with E-state index in [2.05, 4.69) is 29.3 Å². The maximum atomic E-state index is 11.1. The van der Waals surface area contributed by atoms with Gasteiger partial charge in [-0.15, -0.1) is 10.2 Å². The number of hydrogen-bond acceptors (Lipinski definition) is 5. The van der Waals surface area contributed by atoms with Gasteiger partial charge in [0.05, 0.1) is 12.0 Å². The summed E-state index contributed by atoms with van der Waals surface area (Å²) in [7, 11) is 0. The van der Waals surface area contributed by atoms with Gasteiger partial charge in [-0.05, 0) is 42.7 Å². The molecule has 3 aromatic rings. The SMILES string of the molecule is CCCCc1ccc(-n2c(SCC(N)=O)nnc2-c2ccco2)cc1. The van der Waals surface area contributed by atoms with Crippen LogP contribution in [0.4, 0.5) is 0 Å². The van der Waals surface area contributed by atoms with Crippen LogP contribution >= 0.6 is 11.8 Å². The molecule has 2 heterocycles. The predicted octanol–water partition coefficient (Wildman–Crippen LogP) is 3.45. The third kappa shape index (κ3) is 4.11. The molecular weight excluding hydrogens is 336 g/mol. The molecule has 0 aliphatic rings. The first-order chi connectivity index (χ1) is 12.2. The predicted molar refractivity (Wildman–Crippen MR) is 97.6 cm³/mol. The highest BCUT2D eigenvalue weighted by molar-refractivity contribution is 7.99. The van der Waals surface area contributed by atoms with Crippen molar-refractivity contribution in [3.8, 4) is 17.3 Å². The van der Waals surface area contributed by atoms with Gasteiger partial charge in [0.25, 0.3) is 0 Å². The minimum atomic E-state index is -0.394. The van der Waals surface area contributed by atoms with Gasteiger partial charge in [0.1, 0.15) is 0 Å². The van der Waals surface area contributed by atoms with Crippen molar-refractivity contribution in [2.45, 2.75) is 31.3 Å². The minimum Gasteiger partial charge on any atom is -0.461 e. The molecule has 0 saturated carbocycles. The Morgan fingerprint density at radius 1 is 1.24 bits per heavy atom. The molecule has 0 aliphatic carbocycles. The molecule has 130 valence electrons.